The molecule has 0 aromatic rings. The summed E-state index contributed by atoms with van der Waals surface area (Å²) in [5.41, 5.74) is 4.95. The van der Waals surface area contributed by atoms with Gasteiger partial charge in [0.1, 0.15) is 6.04 Å². The van der Waals surface area contributed by atoms with Crippen LogP contribution >= 0.6 is 0 Å². The Hall–Kier alpha value is -0.570. The van der Waals surface area contributed by atoms with E-state index in [1.807, 2.05) is 0 Å². The molecule has 0 fully saturated rings. The lowest BCUT2D eigenvalue weighted by atomic mass is 10.4. The van der Waals surface area contributed by atoms with E-state index in [0.717, 1.165) is 0 Å². The summed E-state index contributed by atoms with van der Waals surface area (Å²) in [6.45, 7) is 1.46. The van der Waals surface area contributed by atoms with Crippen LogP contribution in [-0.2, 0) is 4.79 Å². The van der Waals surface area contributed by atoms with Crippen LogP contribution in [0.25, 0.3) is 1.43 Å². The van der Waals surface area contributed by atoms with Crippen LogP contribution in [-0.4, -0.2) is 17.1 Å². The molecule has 0 aromatic heterocycles. The molecule has 1 atom stereocenters. The lowest BCUT2D eigenvalue weighted by Crippen LogP contribution is -2.25. The molecule has 36 valence electrons. The minimum atomic E-state index is -0.708. The second kappa shape index (κ2) is 1.77. The standard InChI is InChI=1S/C3H7NO2/c1-2(4)3(5)6/h2H,4H2,1H3,(H,5,6)/t2-/m0/s1/i/hD. The Balaban J connectivity index is 3.35. The summed E-state index contributed by atoms with van der Waals surface area (Å²) in [7, 11) is 0. The van der Waals surface area contributed by atoms with Crippen molar-refractivity contribution in [2.45, 2.75) is 13.0 Å². The van der Waals surface area contributed by atoms with Gasteiger partial charge < -0.3 is 10.8 Å². The summed E-state index contributed by atoms with van der Waals surface area (Å²) in [5.74, 6) is -0.708. The maximum Gasteiger partial charge on any atom is 0.320 e. The highest BCUT2D eigenvalue weighted by molar-refractivity contribution is 5.72. The fraction of sp³-hybridized carbons (Fsp3) is 0.667. The van der Waals surface area contributed by atoms with Gasteiger partial charge in [0.25, 0.3) is 1.43 Å². The Bertz CT molecular complexity index is 73.3. The van der Waals surface area contributed by atoms with Gasteiger partial charge in [-0.2, -0.15) is 0 Å². The van der Waals surface area contributed by atoms with Gasteiger partial charge in [-0.3, -0.25) is 4.79 Å². The third kappa shape index (κ3) is 1.72. The predicted octanol–water partition coefficient (Wildman–Crippen LogP) is -0.582. The number of nitrogens with two attached hydrogens (primary N) is 1. The monoisotopic (exact) mass is 90.1 g/mol. The van der Waals surface area contributed by atoms with Gasteiger partial charge in [-0.05, 0) is 6.92 Å². The first-order chi connectivity index (χ1) is 3.18. The number of aliphatic carboxylic acids is 1. The summed E-state index contributed by atoms with van der Waals surface area (Å²) in [4.78, 5) is 9.98. The zero-order valence-corrected chi connectivity index (χ0v) is 3.47. The summed E-state index contributed by atoms with van der Waals surface area (Å²) in [6.07, 6.45) is 0. The van der Waals surface area contributed by atoms with Gasteiger partial charge in [-0.1, -0.05) is 0 Å². The molecule has 0 aliphatic heterocycles. The molecular formula is C3H7NO2. The van der Waals surface area contributed by atoms with Crippen LogP contribution in [0.3, 0.4) is 0 Å². The molecule has 0 bridgehead atoms. The van der Waals surface area contributed by atoms with Crippen molar-refractivity contribution in [1.29, 1.82) is 1.43 Å². The smallest absolute Gasteiger partial charge is 0.320 e. The molecule has 0 aromatic carbocycles. The Morgan fingerprint density at radius 2 is 2.83 bits per heavy atom. The van der Waals surface area contributed by atoms with Crippen molar-refractivity contribution >= 4 is 5.97 Å². The largest absolute Gasteiger partial charge is 0.480 e. The summed E-state index contributed by atoms with van der Waals surface area (Å²) in [5, 5.41) is 3.50. The van der Waals surface area contributed by atoms with Crippen molar-refractivity contribution in [2.75, 3.05) is 0 Å². The molecular weight excluding hydrogens is 82.0 g/mol. The van der Waals surface area contributed by atoms with Crippen molar-refractivity contribution in [1.82, 2.24) is 0 Å². The maximum absolute atomic E-state index is 9.98. The number of carbonyl (C=O) groups is 1. The number of hydrogen-bond donors (Lipinski definition) is 2. The SMILES string of the molecule is [2H]OC(=O)[C@H](C)N. The normalized spacial score (nSPS) is 15.3. The fourth-order valence-corrected chi connectivity index (χ4v) is 0. The van der Waals surface area contributed by atoms with E-state index < -0.39 is 12.0 Å². The van der Waals surface area contributed by atoms with Crippen molar-refractivity contribution in [3.05, 3.63) is 0 Å². The van der Waals surface area contributed by atoms with Crippen LogP contribution in [0.5, 0.6) is 0 Å². The van der Waals surface area contributed by atoms with E-state index in [1.54, 1.807) is 0 Å². The number of rotatable bonds is 1. The molecule has 3 N–H and O–H groups in total. The average molecular weight is 90.1 g/mol. The van der Waals surface area contributed by atoms with E-state index in [4.69, 9.17) is 7.16 Å². The third-order valence-corrected chi connectivity index (χ3v) is 0.372. The molecule has 0 aliphatic carbocycles. The molecule has 0 amide bonds. The second-order valence-corrected chi connectivity index (χ2v) is 1.11. The Morgan fingerprint density at radius 1 is 2.33 bits per heavy atom. The minimum absolute atomic E-state index is 0.683. The minimum Gasteiger partial charge on any atom is -0.480 e. The molecule has 0 aliphatic rings. The van der Waals surface area contributed by atoms with Gasteiger partial charge in [-0.25, -0.2) is 0 Å². The molecule has 0 unspecified atom stereocenters. The Labute approximate surface area is 37.3 Å². The summed E-state index contributed by atoms with van der Waals surface area (Å²) in [6, 6.07) is -0.683. The highest BCUT2D eigenvalue weighted by atomic mass is 16.4. The fourth-order valence-electron chi connectivity index (χ4n) is 0. The lowest BCUT2D eigenvalue weighted by molar-refractivity contribution is -0.138. The molecule has 0 rings (SSSR count). The van der Waals surface area contributed by atoms with Gasteiger partial charge in [0, 0.05) is 0 Å². The van der Waals surface area contributed by atoms with E-state index >= 15 is 0 Å². The van der Waals surface area contributed by atoms with Crippen molar-refractivity contribution in [2.24, 2.45) is 5.73 Å². The van der Waals surface area contributed by atoms with Crippen molar-refractivity contribution < 1.29 is 9.90 Å². The molecule has 3 heteroatoms. The molecule has 6 heavy (non-hydrogen) atoms. The number of carboxylic acids is 1. The summed E-state index contributed by atoms with van der Waals surface area (Å²) >= 11 is 0. The van der Waals surface area contributed by atoms with Crippen molar-refractivity contribution in [3.8, 4) is 0 Å². The Kier molecular flexibility index (Phi) is 1.06. The lowest BCUT2D eigenvalue weighted by Gasteiger charge is -1.90. The second-order valence-electron chi connectivity index (χ2n) is 1.11. The van der Waals surface area contributed by atoms with E-state index in [1.165, 1.54) is 6.92 Å². The van der Waals surface area contributed by atoms with Crippen LogP contribution in [0.1, 0.15) is 6.92 Å². The third-order valence-electron chi connectivity index (χ3n) is 0.372. The van der Waals surface area contributed by atoms with E-state index in [2.05, 4.69) is 5.11 Å². The topological polar surface area (TPSA) is 63.3 Å². The van der Waals surface area contributed by atoms with E-state index in [-0.39, 0.29) is 0 Å². The highest BCUT2D eigenvalue weighted by Gasteiger charge is 1.99. The van der Waals surface area contributed by atoms with Gasteiger partial charge in [-0.15, -0.1) is 0 Å². The zero-order valence-electron chi connectivity index (χ0n) is 4.47. The molecule has 0 saturated heterocycles. The van der Waals surface area contributed by atoms with Gasteiger partial charge in [0.2, 0.25) is 0 Å². The van der Waals surface area contributed by atoms with Crippen LogP contribution in [0.2, 0.25) is 0 Å². The van der Waals surface area contributed by atoms with Crippen LogP contribution < -0.4 is 5.73 Å². The van der Waals surface area contributed by atoms with Crippen LogP contribution in [0.15, 0.2) is 0 Å². The molecule has 0 radical (unpaired) electrons. The molecule has 3 nitrogen and oxygen atoms in total. The predicted molar refractivity (Wildman–Crippen MR) is 21.3 cm³/mol. The maximum atomic E-state index is 9.98. The highest BCUT2D eigenvalue weighted by Crippen LogP contribution is 1.68. The van der Waals surface area contributed by atoms with E-state index in [9.17, 15) is 4.79 Å². The first-order valence-corrected chi connectivity index (χ1v) is 1.61. The van der Waals surface area contributed by atoms with E-state index in [0.29, 0.717) is 0 Å². The quantitative estimate of drug-likeness (QED) is 0.452. The van der Waals surface area contributed by atoms with Gasteiger partial charge >= 0.3 is 5.97 Å². The van der Waals surface area contributed by atoms with Crippen molar-refractivity contribution in [3.63, 3.8) is 0 Å². The first-order valence-electron chi connectivity index (χ1n) is 2.02. The number of hydrogen-bond acceptors (Lipinski definition) is 3. The zero-order chi connectivity index (χ0) is 5.86. The molecule has 0 heterocycles. The average Bonchev–Trinajstić information content (AvgIpc) is 1.65. The molecule has 0 spiro atoms. The van der Waals surface area contributed by atoms with Crippen LogP contribution in [0.4, 0.5) is 0 Å². The molecule has 0 saturated carbocycles. The van der Waals surface area contributed by atoms with Crippen LogP contribution in [0, 0.1) is 0 Å². The van der Waals surface area contributed by atoms with Gasteiger partial charge in [0.05, 0.1) is 0 Å². The van der Waals surface area contributed by atoms with Gasteiger partial charge in [0.15, 0.2) is 0 Å². The Morgan fingerprint density at radius 3 is 2.83 bits per heavy atom. The first kappa shape index (κ1) is 3.61. The summed E-state index contributed by atoms with van der Waals surface area (Å²) < 4.78 is 6.01. The number of carboxylic acid groups (broad SMARTS) is 1.